The zero-order valence-corrected chi connectivity index (χ0v) is 12.7. The van der Waals surface area contributed by atoms with Gasteiger partial charge in [0, 0.05) is 18.0 Å². The standard InChI is InChI=1S/C16H16N2S2/c19-16(20-15-8-2-1-3-9-15)17-18-11-10-13-6-4-5-7-14(13)12-18/h1-9H,10-12H2,(H,17,19). The van der Waals surface area contributed by atoms with E-state index in [1.54, 1.807) is 11.8 Å². The van der Waals surface area contributed by atoms with Gasteiger partial charge in [-0.25, -0.2) is 5.01 Å². The second-order valence-corrected chi connectivity index (χ2v) is 6.51. The fourth-order valence-electron chi connectivity index (χ4n) is 2.34. The van der Waals surface area contributed by atoms with Crippen LogP contribution in [0.5, 0.6) is 0 Å². The van der Waals surface area contributed by atoms with Crippen molar-refractivity contribution in [3.8, 4) is 0 Å². The average molecular weight is 300 g/mol. The summed E-state index contributed by atoms with van der Waals surface area (Å²) < 4.78 is 0.801. The Morgan fingerprint density at radius 2 is 1.70 bits per heavy atom. The molecular weight excluding hydrogens is 284 g/mol. The first-order valence-corrected chi connectivity index (χ1v) is 7.89. The monoisotopic (exact) mass is 300 g/mol. The van der Waals surface area contributed by atoms with Gasteiger partial charge in [-0.1, -0.05) is 66.4 Å². The summed E-state index contributed by atoms with van der Waals surface area (Å²) in [5, 5.41) is 2.20. The molecule has 0 radical (unpaired) electrons. The zero-order chi connectivity index (χ0) is 13.8. The minimum absolute atomic E-state index is 0.801. The van der Waals surface area contributed by atoms with Gasteiger partial charge in [0.25, 0.3) is 0 Å². The molecule has 0 amide bonds. The Morgan fingerprint density at radius 1 is 1.00 bits per heavy atom. The first kappa shape index (κ1) is 13.6. The summed E-state index contributed by atoms with van der Waals surface area (Å²) in [6.07, 6.45) is 1.07. The summed E-state index contributed by atoms with van der Waals surface area (Å²) in [6.45, 7) is 1.90. The van der Waals surface area contributed by atoms with Gasteiger partial charge in [-0.3, -0.25) is 0 Å². The normalized spacial score (nSPS) is 14.6. The van der Waals surface area contributed by atoms with E-state index in [9.17, 15) is 0 Å². The number of thiocarbonyl (C=S) groups is 1. The molecule has 4 heteroatoms. The number of benzene rings is 2. The van der Waals surface area contributed by atoms with Crippen LogP contribution in [0.4, 0.5) is 0 Å². The van der Waals surface area contributed by atoms with Crippen molar-refractivity contribution < 1.29 is 0 Å². The maximum Gasteiger partial charge on any atom is 0.153 e. The van der Waals surface area contributed by atoms with Gasteiger partial charge in [0.2, 0.25) is 0 Å². The molecule has 1 heterocycles. The lowest BCUT2D eigenvalue weighted by Crippen LogP contribution is -2.43. The van der Waals surface area contributed by atoms with Crippen molar-refractivity contribution in [2.75, 3.05) is 6.54 Å². The van der Waals surface area contributed by atoms with E-state index in [1.807, 2.05) is 18.2 Å². The molecule has 0 bridgehead atoms. The van der Waals surface area contributed by atoms with E-state index in [0.717, 1.165) is 23.8 Å². The minimum atomic E-state index is 0.801. The van der Waals surface area contributed by atoms with E-state index in [4.69, 9.17) is 12.2 Å². The number of nitrogens with one attached hydrogen (secondary N) is 1. The first-order valence-electron chi connectivity index (χ1n) is 6.66. The SMILES string of the molecule is S=C(NN1CCc2ccccc2C1)Sc1ccccc1. The largest absolute Gasteiger partial charge is 0.303 e. The van der Waals surface area contributed by atoms with Gasteiger partial charge in [0.1, 0.15) is 0 Å². The summed E-state index contributed by atoms with van der Waals surface area (Å²) in [5.74, 6) is 0. The molecule has 0 spiro atoms. The predicted octanol–water partition coefficient (Wildman–Crippen LogP) is 3.63. The molecule has 20 heavy (non-hydrogen) atoms. The van der Waals surface area contributed by atoms with Crippen LogP contribution in [0.3, 0.4) is 0 Å². The zero-order valence-electron chi connectivity index (χ0n) is 11.1. The molecule has 1 aliphatic heterocycles. The van der Waals surface area contributed by atoms with Crippen LogP contribution in [0.15, 0.2) is 59.5 Å². The Balaban J connectivity index is 1.58. The van der Waals surface area contributed by atoms with E-state index in [1.165, 1.54) is 16.0 Å². The van der Waals surface area contributed by atoms with E-state index >= 15 is 0 Å². The molecule has 0 aromatic heterocycles. The summed E-state index contributed by atoms with van der Waals surface area (Å²) >= 11 is 7.02. The van der Waals surface area contributed by atoms with Crippen molar-refractivity contribution in [3.63, 3.8) is 0 Å². The topological polar surface area (TPSA) is 15.3 Å². The summed E-state index contributed by atoms with van der Waals surface area (Å²) in [5.41, 5.74) is 6.17. The van der Waals surface area contributed by atoms with Gasteiger partial charge in [-0.2, -0.15) is 0 Å². The third-order valence-electron chi connectivity index (χ3n) is 3.33. The highest BCUT2D eigenvalue weighted by atomic mass is 32.2. The molecule has 1 aliphatic rings. The van der Waals surface area contributed by atoms with Crippen LogP contribution in [-0.2, 0) is 13.0 Å². The maximum absolute atomic E-state index is 5.43. The molecule has 3 rings (SSSR count). The Kier molecular flexibility index (Phi) is 4.35. The van der Waals surface area contributed by atoms with Crippen molar-refractivity contribution in [2.24, 2.45) is 0 Å². The number of thioether (sulfide) groups is 1. The third kappa shape index (κ3) is 3.39. The number of rotatable bonds is 2. The van der Waals surface area contributed by atoms with Crippen molar-refractivity contribution in [1.82, 2.24) is 10.4 Å². The van der Waals surface area contributed by atoms with E-state index < -0.39 is 0 Å². The Hall–Kier alpha value is -1.36. The maximum atomic E-state index is 5.43. The van der Waals surface area contributed by atoms with Gasteiger partial charge >= 0.3 is 0 Å². The van der Waals surface area contributed by atoms with Crippen LogP contribution in [0.1, 0.15) is 11.1 Å². The highest BCUT2D eigenvalue weighted by Gasteiger charge is 2.16. The lowest BCUT2D eigenvalue weighted by atomic mass is 10.0. The Labute approximate surface area is 129 Å². The van der Waals surface area contributed by atoms with Crippen LogP contribution < -0.4 is 5.43 Å². The molecule has 2 nitrogen and oxygen atoms in total. The molecule has 0 atom stereocenters. The second-order valence-electron chi connectivity index (χ2n) is 4.75. The third-order valence-corrected chi connectivity index (χ3v) is 4.46. The van der Waals surface area contributed by atoms with Crippen LogP contribution >= 0.6 is 24.0 Å². The molecule has 1 N–H and O–H groups in total. The van der Waals surface area contributed by atoms with Crippen LogP contribution in [0.2, 0.25) is 0 Å². The van der Waals surface area contributed by atoms with Gasteiger partial charge in [-0.05, 0) is 29.7 Å². The van der Waals surface area contributed by atoms with Crippen molar-refractivity contribution in [2.45, 2.75) is 17.9 Å². The molecule has 0 aliphatic carbocycles. The predicted molar refractivity (Wildman–Crippen MR) is 88.6 cm³/mol. The molecule has 102 valence electrons. The molecule has 0 saturated heterocycles. The van der Waals surface area contributed by atoms with Crippen molar-refractivity contribution >= 4 is 28.3 Å². The molecule has 2 aromatic rings. The summed E-state index contributed by atoms with van der Waals surface area (Å²) in [7, 11) is 0. The lowest BCUT2D eigenvalue weighted by molar-refractivity contribution is 0.219. The minimum Gasteiger partial charge on any atom is -0.303 e. The van der Waals surface area contributed by atoms with Crippen LogP contribution in [0, 0.1) is 0 Å². The lowest BCUT2D eigenvalue weighted by Gasteiger charge is -2.29. The number of hydrogen-bond acceptors (Lipinski definition) is 3. The van der Waals surface area contributed by atoms with E-state index in [2.05, 4.69) is 46.8 Å². The van der Waals surface area contributed by atoms with Crippen LogP contribution in [0.25, 0.3) is 0 Å². The van der Waals surface area contributed by atoms with Gasteiger partial charge in [-0.15, -0.1) is 0 Å². The molecule has 0 saturated carbocycles. The summed E-state index contributed by atoms with van der Waals surface area (Å²) in [6, 6.07) is 18.8. The Bertz CT molecular complexity index is 598. The average Bonchev–Trinajstić information content (AvgIpc) is 2.48. The van der Waals surface area contributed by atoms with Gasteiger partial charge in [0.15, 0.2) is 4.32 Å². The highest BCUT2D eigenvalue weighted by Crippen LogP contribution is 2.20. The van der Waals surface area contributed by atoms with Gasteiger partial charge < -0.3 is 5.43 Å². The smallest absolute Gasteiger partial charge is 0.153 e. The van der Waals surface area contributed by atoms with Crippen molar-refractivity contribution in [3.05, 3.63) is 65.7 Å². The number of hydrogen-bond donors (Lipinski definition) is 1. The molecule has 0 fully saturated rings. The van der Waals surface area contributed by atoms with E-state index in [0.29, 0.717) is 0 Å². The van der Waals surface area contributed by atoms with Gasteiger partial charge in [0.05, 0.1) is 0 Å². The highest BCUT2D eigenvalue weighted by molar-refractivity contribution is 8.23. The first-order chi connectivity index (χ1) is 9.81. The second kappa shape index (κ2) is 6.39. The van der Waals surface area contributed by atoms with Crippen LogP contribution in [-0.4, -0.2) is 15.9 Å². The Morgan fingerprint density at radius 3 is 2.50 bits per heavy atom. The number of hydrazine groups is 1. The number of nitrogens with zero attached hydrogens (tertiary/aromatic N) is 1. The fraction of sp³-hybridized carbons (Fsp3) is 0.188. The van der Waals surface area contributed by atoms with Crippen molar-refractivity contribution in [1.29, 1.82) is 0 Å². The molecular formula is C16H16N2S2. The van der Waals surface area contributed by atoms with E-state index in [-0.39, 0.29) is 0 Å². The molecule has 2 aromatic carbocycles. The molecule has 0 unspecified atom stereocenters. The number of fused-ring (bicyclic) bond motifs is 1. The fourth-order valence-corrected chi connectivity index (χ4v) is 3.44. The quantitative estimate of drug-likeness (QED) is 0.672. The summed E-state index contributed by atoms with van der Waals surface area (Å²) in [4.78, 5) is 1.17.